The Bertz CT molecular complexity index is 403. The van der Waals surface area contributed by atoms with Crippen LogP contribution in [0.1, 0.15) is 41.5 Å². The van der Waals surface area contributed by atoms with E-state index in [4.69, 9.17) is 0 Å². The van der Waals surface area contributed by atoms with Gasteiger partial charge in [-0.25, -0.2) is 0 Å². The van der Waals surface area contributed by atoms with Crippen molar-refractivity contribution in [1.29, 1.82) is 0 Å². The molecular formula is C14H26N4O. The largest absolute Gasteiger partial charge is 0.371 e. The number of nitrogens with one attached hydrogen (secondary N) is 1. The molecule has 5 heteroatoms. The number of rotatable bonds is 6. The van der Waals surface area contributed by atoms with Crippen molar-refractivity contribution < 1.29 is 4.79 Å². The van der Waals surface area contributed by atoms with Crippen LogP contribution in [0.2, 0.25) is 0 Å². The molecule has 5 nitrogen and oxygen atoms in total. The molecule has 0 saturated heterocycles. The van der Waals surface area contributed by atoms with E-state index >= 15 is 0 Å². The second kappa shape index (κ2) is 6.59. The molecule has 0 aliphatic heterocycles. The molecule has 1 amide bonds. The van der Waals surface area contributed by atoms with Crippen molar-refractivity contribution in [3.05, 3.63) is 12.4 Å². The summed E-state index contributed by atoms with van der Waals surface area (Å²) in [4.78, 5) is 14.3. The van der Waals surface area contributed by atoms with Gasteiger partial charge >= 0.3 is 0 Å². The minimum atomic E-state index is -0.251. The van der Waals surface area contributed by atoms with Crippen molar-refractivity contribution in [2.24, 2.45) is 0 Å². The third-order valence-electron chi connectivity index (χ3n) is 3.08. The van der Waals surface area contributed by atoms with E-state index in [1.165, 1.54) is 0 Å². The fourth-order valence-electron chi connectivity index (χ4n) is 2.25. The van der Waals surface area contributed by atoms with Crippen LogP contribution in [0.3, 0.4) is 0 Å². The predicted molar refractivity (Wildman–Crippen MR) is 78.1 cm³/mol. The van der Waals surface area contributed by atoms with Crippen molar-refractivity contribution in [3.63, 3.8) is 0 Å². The minimum Gasteiger partial charge on any atom is -0.371 e. The Labute approximate surface area is 116 Å². The number of nitrogens with zero attached hydrogens (tertiary/aromatic N) is 3. The number of carbonyl (C=O) groups is 1. The second-order valence-electron chi connectivity index (χ2n) is 5.38. The summed E-state index contributed by atoms with van der Waals surface area (Å²) in [6.45, 7) is 12.9. The summed E-state index contributed by atoms with van der Waals surface area (Å²) in [5, 5.41) is 7.40. The summed E-state index contributed by atoms with van der Waals surface area (Å²) in [6.07, 6.45) is 3.67. The quantitative estimate of drug-likeness (QED) is 0.860. The number of aromatic nitrogens is 2. The lowest BCUT2D eigenvalue weighted by Crippen LogP contribution is -2.48. The molecule has 0 aromatic carbocycles. The van der Waals surface area contributed by atoms with E-state index in [1.54, 1.807) is 6.20 Å². The number of hydrogen-bond donors (Lipinski definition) is 1. The minimum absolute atomic E-state index is 0.120. The smallest absolute Gasteiger partial charge is 0.245 e. The molecule has 0 fully saturated rings. The summed E-state index contributed by atoms with van der Waals surface area (Å²) in [5.41, 5.74) is 0.884. The van der Waals surface area contributed by atoms with Gasteiger partial charge in [-0.3, -0.25) is 9.48 Å². The Kier molecular flexibility index (Phi) is 5.39. The van der Waals surface area contributed by atoms with Crippen LogP contribution in [0.15, 0.2) is 12.4 Å². The van der Waals surface area contributed by atoms with E-state index in [0.717, 1.165) is 12.2 Å². The Morgan fingerprint density at radius 3 is 2.32 bits per heavy atom. The molecule has 1 atom stereocenters. The molecule has 108 valence electrons. The van der Waals surface area contributed by atoms with Gasteiger partial charge in [0.1, 0.15) is 6.04 Å². The number of hydrogen-bond acceptors (Lipinski definition) is 3. The maximum absolute atomic E-state index is 12.4. The Hall–Kier alpha value is -1.52. The van der Waals surface area contributed by atoms with E-state index in [-0.39, 0.29) is 24.0 Å². The van der Waals surface area contributed by atoms with Crippen molar-refractivity contribution >= 4 is 11.6 Å². The van der Waals surface area contributed by atoms with Crippen LogP contribution < -0.4 is 5.32 Å². The zero-order valence-corrected chi connectivity index (χ0v) is 12.8. The highest BCUT2D eigenvalue weighted by molar-refractivity contribution is 5.84. The van der Waals surface area contributed by atoms with E-state index in [1.807, 2.05) is 57.3 Å². The number of amides is 1. The molecule has 0 unspecified atom stereocenters. The summed E-state index contributed by atoms with van der Waals surface area (Å²) < 4.78 is 1.84. The van der Waals surface area contributed by atoms with Gasteiger partial charge in [0.05, 0.1) is 11.9 Å². The third-order valence-corrected chi connectivity index (χ3v) is 3.08. The average molecular weight is 266 g/mol. The first-order valence-corrected chi connectivity index (χ1v) is 6.98. The molecule has 0 saturated carbocycles. The molecule has 0 aliphatic carbocycles. The van der Waals surface area contributed by atoms with Gasteiger partial charge < -0.3 is 10.2 Å². The first-order chi connectivity index (χ1) is 8.86. The van der Waals surface area contributed by atoms with E-state index < -0.39 is 0 Å². The SMILES string of the molecule is CCn1cc(N[C@@H](C)C(=O)N(C(C)C)C(C)C)cn1. The van der Waals surface area contributed by atoms with Gasteiger partial charge in [0, 0.05) is 24.8 Å². The number of carbonyl (C=O) groups excluding carboxylic acids is 1. The number of aryl methyl sites for hydroxylation is 1. The summed E-state index contributed by atoms with van der Waals surface area (Å²) in [7, 11) is 0. The van der Waals surface area contributed by atoms with Gasteiger partial charge in [0.2, 0.25) is 5.91 Å². The average Bonchev–Trinajstić information content (AvgIpc) is 2.75. The zero-order valence-electron chi connectivity index (χ0n) is 12.8. The Morgan fingerprint density at radius 1 is 1.32 bits per heavy atom. The molecule has 19 heavy (non-hydrogen) atoms. The first kappa shape index (κ1) is 15.5. The summed E-state index contributed by atoms with van der Waals surface area (Å²) >= 11 is 0. The topological polar surface area (TPSA) is 50.2 Å². The second-order valence-corrected chi connectivity index (χ2v) is 5.38. The van der Waals surface area contributed by atoms with Gasteiger partial charge in [-0.05, 0) is 41.5 Å². The Balaban J connectivity index is 2.70. The molecule has 0 aliphatic rings. The third kappa shape index (κ3) is 3.98. The molecule has 1 aromatic rings. The standard InChI is InChI=1S/C14H26N4O/c1-7-17-9-13(8-15-17)16-12(6)14(19)18(10(2)3)11(4)5/h8-12,16H,7H2,1-6H3/t12-/m0/s1. The molecular weight excluding hydrogens is 240 g/mol. The van der Waals surface area contributed by atoms with E-state index in [9.17, 15) is 4.79 Å². The highest BCUT2D eigenvalue weighted by Gasteiger charge is 2.25. The Morgan fingerprint density at radius 2 is 1.89 bits per heavy atom. The fraction of sp³-hybridized carbons (Fsp3) is 0.714. The molecule has 1 N–H and O–H groups in total. The molecule has 0 spiro atoms. The van der Waals surface area contributed by atoms with Crippen LogP contribution in [0, 0.1) is 0 Å². The van der Waals surface area contributed by atoms with Crippen LogP contribution in [0.4, 0.5) is 5.69 Å². The van der Waals surface area contributed by atoms with Crippen LogP contribution >= 0.6 is 0 Å². The van der Waals surface area contributed by atoms with Gasteiger partial charge in [-0.2, -0.15) is 5.10 Å². The fourth-order valence-corrected chi connectivity index (χ4v) is 2.25. The monoisotopic (exact) mass is 266 g/mol. The van der Waals surface area contributed by atoms with Crippen molar-refractivity contribution in [2.45, 2.75) is 66.2 Å². The van der Waals surface area contributed by atoms with Crippen molar-refractivity contribution in [3.8, 4) is 0 Å². The van der Waals surface area contributed by atoms with E-state index in [0.29, 0.717) is 0 Å². The maximum atomic E-state index is 12.4. The lowest BCUT2D eigenvalue weighted by Gasteiger charge is -2.33. The van der Waals surface area contributed by atoms with Gasteiger partial charge in [0.15, 0.2) is 0 Å². The number of anilines is 1. The van der Waals surface area contributed by atoms with Gasteiger partial charge in [0.25, 0.3) is 0 Å². The molecule has 1 rings (SSSR count). The lowest BCUT2D eigenvalue weighted by atomic mass is 10.2. The van der Waals surface area contributed by atoms with Crippen LogP contribution in [0.5, 0.6) is 0 Å². The molecule has 1 heterocycles. The van der Waals surface area contributed by atoms with Gasteiger partial charge in [-0.15, -0.1) is 0 Å². The lowest BCUT2D eigenvalue weighted by molar-refractivity contribution is -0.135. The van der Waals surface area contributed by atoms with Crippen molar-refractivity contribution in [1.82, 2.24) is 14.7 Å². The first-order valence-electron chi connectivity index (χ1n) is 6.98. The highest BCUT2D eigenvalue weighted by Crippen LogP contribution is 2.12. The van der Waals surface area contributed by atoms with Crippen molar-refractivity contribution in [2.75, 3.05) is 5.32 Å². The van der Waals surface area contributed by atoms with Crippen LogP contribution in [0.25, 0.3) is 0 Å². The molecule has 0 radical (unpaired) electrons. The normalized spacial score (nSPS) is 12.8. The van der Waals surface area contributed by atoms with Gasteiger partial charge in [-0.1, -0.05) is 0 Å². The highest BCUT2D eigenvalue weighted by atomic mass is 16.2. The summed E-state index contributed by atoms with van der Waals surface area (Å²) in [6, 6.07) is 0.157. The summed E-state index contributed by atoms with van der Waals surface area (Å²) in [5.74, 6) is 0.120. The zero-order chi connectivity index (χ0) is 14.6. The maximum Gasteiger partial charge on any atom is 0.245 e. The molecule has 1 aromatic heterocycles. The van der Waals surface area contributed by atoms with Crippen LogP contribution in [-0.2, 0) is 11.3 Å². The van der Waals surface area contributed by atoms with E-state index in [2.05, 4.69) is 10.4 Å². The predicted octanol–water partition coefficient (Wildman–Crippen LogP) is 2.35. The van der Waals surface area contributed by atoms with Crippen LogP contribution in [-0.4, -0.2) is 38.7 Å². The molecule has 0 bridgehead atoms.